The highest BCUT2D eigenvalue weighted by Gasteiger charge is 2.32. The first-order chi connectivity index (χ1) is 5.12. The molecule has 0 aliphatic carbocycles. The van der Waals surface area contributed by atoms with Crippen LogP contribution in [0.4, 0.5) is 4.79 Å². The van der Waals surface area contributed by atoms with Gasteiger partial charge in [-0.1, -0.05) is 0 Å². The molecule has 0 saturated carbocycles. The van der Waals surface area contributed by atoms with Crippen molar-refractivity contribution < 1.29 is 19.7 Å². The van der Waals surface area contributed by atoms with Crippen LogP contribution in [0.2, 0.25) is 0 Å². The second kappa shape index (κ2) is 3.06. The Bertz CT molecular complexity index is 153. The summed E-state index contributed by atoms with van der Waals surface area (Å²) in [5.41, 5.74) is -0.988. The van der Waals surface area contributed by atoms with Crippen molar-refractivity contribution in [2.45, 2.75) is 12.0 Å². The number of carboxylic acid groups (broad SMARTS) is 1. The largest absolute Gasteiger partial charge is 0.465 e. The van der Waals surface area contributed by atoms with Crippen molar-refractivity contribution in [3.05, 3.63) is 0 Å². The van der Waals surface area contributed by atoms with Crippen LogP contribution in [0.3, 0.4) is 0 Å². The lowest BCUT2D eigenvalue weighted by atomic mass is 10.0. The maximum absolute atomic E-state index is 10.0. The molecule has 11 heavy (non-hydrogen) atoms. The first-order valence-corrected chi connectivity index (χ1v) is 3.39. The van der Waals surface area contributed by atoms with Gasteiger partial charge in [0.25, 0.3) is 0 Å². The lowest BCUT2D eigenvalue weighted by Crippen LogP contribution is -2.42. The molecule has 1 fully saturated rings. The van der Waals surface area contributed by atoms with Crippen LogP contribution in [0.25, 0.3) is 0 Å². The standard InChI is InChI=1S/C6H11NO4/c8-5(9)7-3-6(10)1-2-11-4-6/h7,10H,1-4H2,(H,8,9)/t6-/m1/s1. The molecule has 0 aromatic rings. The van der Waals surface area contributed by atoms with Gasteiger partial charge in [-0.25, -0.2) is 4.79 Å². The smallest absolute Gasteiger partial charge is 0.404 e. The van der Waals surface area contributed by atoms with Gasteiger partial charge in [-0.3, -0.25) is 0 Å². The zero-order chi connectivity index (χ0) is 8.32. The van der Waals surface area contributed by atoms with E-state index in [4.69, 9.17) is 9.84 Å². The van der Waals surface area contributed by atoms with Gasteiger partial charge in [-0.2, -0.15) is 0 Å². The first-order valence-electron chi connectivity index (χ1n) is 3.39. The molecule has 3 N–H and O–H groups in total. The van der Waals surface area contributed by atoms with Crippen LogP contribution in [-0.4, -0.2) is 41.7 Å². The summed E-state index contributed by atoms with van der Waals surface area (Å²) in [5, 5.41) is 19.8. The van der Waals surface area contributed by atoms with E-state index >= 15 is 0 Å². The van der Waals surface area contributed by atoms with E-state index in [1.165, 1.54) is 0 Å². The predicted octanol–water partition coefficient (Wildman–Crippen LogP) is -0.595. The maximum Gasteiger partial charge on any atom is 0.404 e. The summed E-state index contributed by atoms with van der Waals surface area (Å²) in [5.74, 6) is 0. The van der Waals surface area contributed by atoms with Crippen molar-refractivity contribution in [3.8, 4) is 0 Å². The van der Waals surface area contributed by atoms with E-state index in [9.17, 15) is 9.90 Å². The van der Waals surface area contributed by atoms with Crippen molar-refractivity contribution in [2.24, 2.45) is 0 Å². The van der Waals surface area contributed by atoms with Crippen LogP contribution in [0.5, 0.6) is 0 Å². The van der Waals surface area contributed by atoms with E-state index in [0.29, 0.717) is 13.0 Å². The Kier molecular flexibility index (Phi) is 2.31. The first kappa shape index (κ1) is 8.29. The Hall–Kier alpha value is -0.810. The quantitative estimate of drug-likeness (QED) is 0.505. The lowest BCUT2D eigenvalue weighted by Gasteiger charge is -2.19. The van der Waals surface area contributed by atoms with Gasteiger partial charge < -0.3 is 20.3 Å². The fourth-order valence-electron chi connectivity index (χ4n) is 0.976. The van der Waals surface area contributed by atoms with Crippen LogP contribution in [0.15, 0.2) is 0 Å². The van der Waals surface area contributed by atoms with Crippen LogP contribution in [-0.2, 0) is 4.74 Å². The minimum absolute atomic E-state index is 0.0440. The van der Waals surface area contributed by atoms with E-state index in [1.807, 2.05) is 0 Å². The summed E-state index contributed by atoms with van der Waals surface area (Å²) in [4.78, 5) is 10.0. The number of amides is 1. The molecule has 0 bridgehead atoms. The summed E-state index contributed by atoms with van der Waals surface area (Å²) < 4.78 is 4.91. The van der Waals surface area contributed by atoms with Crippen LogP contribution >= 0.6 is 0 Å². The monoisotopic (exact) mass is 161 g/mol. The average molecular weight is 161 g/mol. The highest BCUT2D eigenvalue weighted by atomic mass is 16.5. The fourth-order valence-corrected chi connectivity index (χ4v) is 0.976. The second-order valence-corrected chi connectivity index (χ2v) is 2.69. The molecule has 1 heterocycles. The van der Waals surface area contributed by atoms with Crippen LogP contribution in [0, 0.1) is 0 Å². The van der Waals surface area contributed by atoms with E-state index in [-0.39, 0.29) is 13.2 Å². The van der Waals surface area contributed by atoms with Gasteiger partial charge in [0.1, 0.15) is 5.60 Å². The molecule has 1 saturated heterocycles. The molecule has 0 unspecified atom stereocenters. The van der Waals surface area contributed by atoms with Gasteiger partial charge in [-0.15, -0.1) is 0 Å². The SMILES string of the molecule is O=C(O)NC[C@]1(O)CCOC1. The van der Waals surface area contributed by atoms with E-state index < -0.39 is 11.7 Å². The molecule has 5 heteroatoms. The number of hydrogen-bond donors (Lipinski definition) is 3. The molecular weight excluding hydrogens is 150 g/mol. The molecule has 0 aromatic heterocycles. The molecule has 1 aliphatic rings. The van der Waals surface area contributed by atoms with E-state index in [1.54, 1.807) is 0 Å². The average Bonchev–Trinajstić information content (AvgIpc) is 2.33. The number of nitrogens with one attached hydrogen (secondary N) is 1. The topological polar surface area (TPSA) is 78.8 Å². The molecule has 1 aliphatic heterocycles. The van der Waals surface area contributed by atoms with Gasteiger partial charge in [0.15, 0.2) is 0 Å². The number of aliphatic hydroxyl groups is 1. The maximum atomic E-state index is 10.0. The van der Waals surface area contributed by atoms with Crippen molar-refractivity contribution >= 4 is 6.09 Å². The van der Waals surface area contributed by atoms with Crippen molar-refractivity contribution in [1.82, 2.24) is 5.32 Å². The van der Waals surface area contributed by atoms with Crippen LogP contribution in [0.1, 0.15) is 6.42 Å². The van der Waals surface area contributed by atoms with Gasteiger partial charge in [-0.05, 0) is 0 Å². The second-order valence-electron chi connectivity index (χ2n) is 2.69. The predicted molar refractivity (Wildman–Crippen MR) is 36.4 cm³/mol. The molecule has 5 nitrogen and oxygen atoms in total. The molecule has 1 amide bonds. The highest BCUT2D eigenvalue weighted by Crippen LogP contribution is 2.16. The zero-order valence-electron chi connectivity index (χ0n) is 6.04. The van der Waals surface area contributed by atoms with Gasteiger partial charge >= 0.3 is 6.09 Å². The fraction of sp³-hybridized carbons (Fsp3) is 0.833. The third-order valence-electron chi connectivity index (χ3n) is 1.65. The lowest BCUT2D eigenvalue weighted by molar-refractivity contribution is 0.0275. The van der Waals surface area contributed by atoms with E-state index in [2.05, 4.69) is 5.32 Å². The number of rotatable bonds is 2. The summed E-state index contributed by atoms with van der Waals surface area (Å²) in [6.45, 7) is 0.757. The van der Waals surface area contributed by atoms with E-state index in [0.717, 1.165) is 0 Å². The highest BCUT2D eigenvalue weighted by molar-refractivity contribution is 5.64. The summed E-state index contributed by atoms with van der Waals surface area (Å²) in [6, 6.07) is 0. The zero-order valence-corrected chi connectivity index (χ0v) is 6.04. The van der Waals surface area contributed by atoms with Gasteiger partial charge in [0, 0.05) is 13.0 Å². The molecule has 0 radical (unpaired) electrons. The molecule has 64 valence electrons. The third kappa shape index (κ3) is 2.36. The Balaban J connectivity index is 2.28. The molecule has 0 aromatic carbocycles. The minimum atomic E-state index is -1.12. The van der Waals surface area contributed by atoms with Crippen molar-refractivity contribution in [2.75, 3.05) is 19.8 Å². The summed E-state index contributed by atoms with van der Waals surface area (Å²) in [7, 11) is 0. The normalized spacial score (nSPS) is 30.3. The van der Waals surface area contributed by atoms with Gasteiger partial charge in [0.05, 0.1) is 13.2 Å². The number of ether oxygens (including phenoxy) is 1. The van der Waals surface area contributed by atoms with Crippen molar-refractivity contribution in [1.29, 1.82) is 0 Å². The Morgan fingerprint density at radius 1 is 1.73 bits per heavy atom. The molecule has 0 spiro atoms. The Labute approximate surface area is 64.0 Å². The third-order valence-corrected chi connectivity index (χ3v) is 1.65. The molecular formula is C6H11NO4. The Morgan fingerprint density at radius 2 is 2.45 bits per heavy atom. The summed E-state index contributed by atoms with van der Waals surface area (Å²) in [6.07, 6.45) is -0.627. The minimum Gasteiger partial charge on any atom is -0.465 e. The molecule has 1 atom stereocenters. The van der Waals surface area contributed by atoms with Crippen LogP contribution < -0.4 is 5.32 Å². The Morgan fingerprint density at radius 3 is 2.91 bits per heavy atom. The van der Waals surface area contributed by atoms with Gasteiger partial charge in [0.2, 0.25) is 0 Å². The summed E-state index contributed by atoms with van der Waals surface area (Å²) >= 11 is 0. The van der Waals surface area contributed by atoms with Crippen molar-refractivity contribution in [3.63, 3.8) is 0 Å². The molecule has 1 rings (SSSR count). The number of hydrogen-bond acceptors (Lipinski definition) is 3. The number of carbonyl (C=O) groups is 1.